The van der Waals surface area contributed by atoms with Crippen molar-refractivity contribution >= 4 is 17.5 Å². The highest BCUT2D eigenvalue weighted by atomic mass is 16.1. The van der Waals surface area contributed by atoms with Crippen molar-refractivity contribution in [3.63, 3.8) is 0 Å². The van der Waals surface area contributed by atoms with Crippen LogP contribution in [0.4, 0.5) is 11.6 Å². The van der Waals surface area contributed by atoms with E-state index in [-0.39, 0.29) is 11.9 Å². The van der Waals surface area contributed by atoms with Gasteiger partial charge in [0.1, 0.15) is 5.69 Å². The predicted molar refractivity (Wildman–Crippen MR) is 114 cm³/mol. The summed E-state index contributed by atoms with van der Waals surface area (Å²) in [6, 6.07) is 19.8. The first-order chi connectivity index (χ1) is 13.4. The Bertz CT molecular complexity index is 937. The second-order valence-electron chi connectivity index (χ2n) is 7.22. The van der Waals surface area contributed by atoms with Gasteiger partial charge in [0, 0.05) is 24.0 Å². The first kappa shape index (κ1) is 19.5. The van der Waals surface area contributed by atoms with Crippen LogP contribution in [0.15, 0.2) is 60.7 Å². The number of carbonyl (C=O) groups excluding carboxylic acids is 1. The third-order valence-corrected chi connectivity index (χ3v) is 4.46. The quantitative estimate of drug-likeness (QED) is 0.676. The second-order valence-corrected chi connectivity index (χ2v) is 7.22. The van der Waals surface area contributed by atoms with Crippen LogP contribution in [0.1, 0.15) is 41.2 Å². The number of amides is 1. The Balaban J connectivity index is 1.86. The molecule has 0 aliphatic rings. The molecule has 0 atom stereocenters. The van der Waals surface area contributed by atoms with Crippen LogP contribution in [-0.2, 0) is 6.54 Å². The summed E-state index contributed by atoms with van der Waals surface area (Å²) in [5.74, 6) is 0.326. The first-order valence-corrected chi connectivity index (χ1v) is 9.46. The first-order valence-electron chi connectivity index (χ1n) is 9.46. The summed E-state index contributed by atoms with van der Waals surface area (Å²) in [4.78, 5) is 24.0. The van der Waals surface area contributed by atoms with Crippen molar-refractivity contribution in [3.8, 4) is 0 Å². The molecule has 0 unspecified atom stereocenters. The van der Waals surface area contributed by atoms with Gasteiger partial charge in [0.05, 0.1) is 0 Å². The zero-order valence-corrected chi connectivity index (χ0v) is 16.8. The maximum atomic E-state index is 12.7. The smallest absolute Gasteiger partial charge is 0.274 e. The molecule has 0 aliphatic heterocycles. The Labute approximate surface area is 166 Å². The summed E-state index contributed by atoms with van der Waals surface area (Å²) < 4.78 is 0. The zero-order valence-electron chi connectivity index (χ0n) is 16.8. The molecular weight excluding hydrogens is 348 g/mol. The molecule has 3 rings (SSSR count). The van der Waals surface area contributed by atoms with Crippen molar-refractivity contribution in [2.75, 3.05) is 10.2 Å². The molecule has 1 aromatic heterocycles. The van der Waals surface area contributed by atoms with E-state index in [1.165, 1.54) is 5.56 Å². The molecule has 28 heavy (non-hydrogen) atoms. The Hall–Kier alpha value is -3.21. The number of hydrogen-bond donors (Lipinski definition) is 1. The number of nitrogens with zero attached hydrogens (tertiary/aromatic N) is 3. The summed E-state index contributed by atoms with van der Waals surface area (Å²) in [7, 11) is 0. The normalized spacial score (nSPS) is 10.8. The number of nitrogens with one attached hydrogen (secondary N) is 1. The predicted octanol–water partition coefficient (Wildman–Crippen LogP) is 4.76. The molecule has 1 amide bonds. The van der Waals surface area contributed by atoms with Crippen molar-refractivity contribution in [1.82, 2.24) is 9.97 Å². The number of rotatable bonds is 6. The zero-order chi connectivity index (χ0) is 20.1. The molecule has 144 valence electrons. The molecule has 2 aromatic carbocycles. The third kappa shape index (κ3) is 4.94. The molecule has 0 bridgehead atoms. The largest absolute Gasteiger partial charge is 0.334 e. The number of benzene rings is 2. The van der Waals surface area contributed by atoms with E-state index in [1.54, 1.807) is 6.07 Å². The van der Waals surface area contributed by atoms with Crippen molar-refractivity contribution in [2.24, 2.45) is 0 Å². The molecule has 1 N–H and O–H groups in total. The van der Waals surface area contributed by atoms with Crippen LogP contribution < -0.4 is 10.2 Å². The van der Waals surface area contributed by atoms with E-state index in [9.17, 15) is 4.79 Å². The Morgan fingerprint density at radius 2 is 1.68 bits per heavy atom. The minimum atomic E-state index is -0.237. The van der Waals surface area contributed by atoms with E-state index < -0.39 is 0 Å². The van der Waals surface area contributed by atoms with E-state index in [0.29, 0.717) is 18.2 Å². The average molecular weight is 374 g/mol. The van der Waals surface area contributed by atoms with Gasteiger partial charge in [0.15, 0.2) is 0 Å². The van der Waals surface area contributed by atoms with E-state index in [1.807, 2.05) is 56.3 Å². The number of aromatic nitrogens is 2. The summed E-state index contributed by atoms with van der Waals surface area (Å²) in [5, 5.41) is 2.91. The molecule has 0 saturated heterocycles. The van der Waals surface area contributed by atoms with E-state index in [4.69, 9.17) is 0 Å². The van der Waals surface area contributed by atoms with Crippen molar-refractivity contribution in [3.05, 3.63) is 83.2 Å². The van der Waals surface area contributed by atoms with Gasteiger partial charge < -0.3 is 10.2 Å². The van der Waals surface area contributed by atoms with Crippen LogP contribution in [0.3, 0.4) is 0 Å². The van der Waals surface area contributed by atoms with Gasteiger partial charge in [0.2, 0.25) is 5.95 Å². The van der Waals surface area contributed by atoms with Gasteiger partial charge in [-0.05, 0) is 51.5 Å². The summed E-state index contributed by atoms with van der Waals surface area (Å²) in [6.45, 7) is 8.77. The maximum absolute atomic E-state index is 12.7. The van der Waals surface area contributed by atoms with Crippen LogP contribution in [0, 0.1) is 13.8 Å². The van der Waals surface area contributed by atoms with Crippen LogP contribution in [0.5, 0.6) is 0 Å². The minimum absolute atomic E-state index is 0.190. The van der Waals surface area contributed by atoms with Crippen LogP contribution in [0.2, 0.25) is 0 Å². The van der Waals surface area contributed by atoms with Crippen LogP contribution in [-0.4, -0.2) is 21.9 Å². The summed E-state index contributed by atoms with van der Waals surface area (Å²) >= 11 is 0. The lowest BCUT2D eigenvalue weighted by molar-refractivity contribution is 0.102. The number of aryl methyl sites for hydroxylation is 2. The Morgan fingerprint density at radius 1 is 1.00 bits per heavy atom. The van der Waals surface area contributed by atoms with Crippen LogP contribution in [0.25, 0.3) is 0 Å². The summed E-state index contributed by atoms with van der Waals surface area (Å²) in [5.41, 5.74) is 4.19. The van der Waals surface area contributed by atoms with Crippen molar-refractivity contribution in [2.45, 2.75) is 40.3 Å². The SMILES string of the molecule is Cc1ccc(NC(=O)c2cc(C)nc(N(Cc3ccccc3)C(C)C)n2)cc1. The molecule has 0 fully saturated rings. The van der Waals surface area contributed by atoms with Gasteiger partial charge in [-0.3, -0.25) is 4.79 Å². The lowest BCUT2D eigenvalue weighted by Crippen LogP contribution is -2.32. The van der Waals surface area contributed by atoms with Gasteiger partial charge in [-0.25, -0.2) is 9.97 Å². The molecule has 0 spiro atoms. The van der Waals surface area contributed by atoms with Gasteiger partial charge in [-0.2, -0.15) is 0 Å². The fraction of sp³-hybridized carbons (Fsp3) is 0.261. The fourth-order valence-electron chi connectivity index (χ4n) is 2.89. The standard InChI is InChI=1S/C23H26N4O/c1-16(2)27(15-19-8-6-5-7-9-19)23-24-18(4)14-21(26-23)22(28)25-20-12-10-17(3)11-13-20/h5-14,16H,15H2,1-4H3,(H,25,28). The lowest BCUT2D eigenvalue weighted by Gasteiger charge is -2.27. The number of hydrogen-bond acceptors (Lipinski definition) is 4. The van der Waals surface area contributed by atoms with Gasteiger partial charge >= 0.3 is 0 Å². The van der Waals surface area contributed by atoms with Crippen molar-refractivity contribution < 1.29 is 4.79 Å². The summed E-state index contributed by atoms with van der Waals surface area (Å²) in [6.07, 6.45) is 0. The van der Waals surface area contributed by atoms with Gasteiger partial charge in [-0.15, -0.1) is 0 Å². The molecule has 5 heteroatoms. The highest BCUT2D eigenvalue weighted by molar-refractivity contribution is 6.03. The van der Waals surface area contributed by atoms with E-state index >= 15 is 0 Å². The minimum Gasteiger partial charge on any atom is -0.334 e. The molecule has 0 radical (unpaired) electrons. The number of anilines is 2. The van der Waals surface area contributed by atoms with E-state index in [2.05, 4.69) is 46.2 Å². The van der Waals surface area contributed by atoms with Crippen molar-refractivity contribution in [1.29, 1.82) is 0 Å². The van der Waals surface area contributed by atoms with E-state index in [0.717, 1.165) is 16.9 Å². The van der Waals surface area contributed by atoms with Gasteiger partial charge in [-0.1, -0.05) is 48.0 Å². The topological polar surface area (TPSA) is 58.1 Å². The monoisotopic (exact) mass is 374 g/mol. The molecule has 5 nitrogen and oxygen atoms in total. The van der Waals surface area contributed by atoms with Crippen LogP contribution >= 0.6 is 0 Å². The molecule has 3 aromatic rings. The molecule has 0 aliphatic carbocycles. The Kier molecular flexibility index (Phi) is 6.04. The maximum Gasteiger partial charge on any atom is 0.274 e. The Morgan fingerprint density at radius 3 is 2.32 bits per heavy atom. The number of carbonyl (C=O) groups is 1. The highest BCUT2D eigenvalue weighted by Crippen LogP contribution is 2.18. The lowest BCUT2D eigenvalue weighted by atomic mass is 10.2. The third-order valence-electron chi connectivity index (χ3n) is 4.46. The second kappa shape index (κ2) is 8.65. The van der Waals surface area contributed by atoms with Gasteiger partial charge in [0.25, 0.3) is 5.91 Å². The molecular formula is C23H26N4O. The molecule has 1 heterocycles. The average Bonchev–Trinajstić information content (AvgIpc) is 2.68. The highest BCUT2D eigenvalue weighted by Gasteiger charge is 2.18. The molecule has 0 saturated carbocycles. The fourth-order valence-corrected chi connectivity index (χ4v) is 2.89.